The molecule has 0 aromatic heterocycles. The molecule has 0 radical (unpaired) electrons. The van der Waals surface area contributed by atoms with E-state index >= 15 is 0 Å². The van der Waals surface area contributed by atoms with E-state index in [9.17, 15) is 0 Å². The van der Waals surface area contributed by atoms with Crippen molar-refractivity contribution >= 4 is 64.8 Å². The van der Waals surface area contributed by atoms with E-state index in [1.807, 2.05) is 64.8 Å². The van der Waals surface area contributed by atoms with E-state index in [-0.39, 0.29) is 0 Å². The highest BCUT2D eigenvalue weighted by molar-refractivity contribution is 8.79. The fourth-order valence-corrected chi connectivity index (χ4v) is 9.43. The van der Waals surface area contributed by atoms with E-state index < -0.39 is 0 Å². The van der Waals surface area contributed by atoms with Gasteiger partial charge in [0.2, 0.25) is 0 Å². The third-order valence-electron chi connectivity index (χ3n) is 1.97. The molecule has 0 amide bonds. The molecule has 0 spiro atoms. The van der Waals surface area contributed by atoms with Gasteiger partial charge in [-0.2, -0.15) is 0 Å². The summed E-state index contributed by atoms with van der Waals surface area (Å²) >= 11 is 0. The summed E-state index contributed by atoms with van der Waals surface area (Å²) in [6, 6.07) is 0. The molecule has 0 aromatic carbocycles. The largest absolute Gasteiger partial charge is 0.345 e. The predicted octanol–water partition coefficient (Wildman–Crippen LogP) is 5.32. The fraction of sp³-hybridized carbons (Fsp3) is 1.00. The van der Waals surface area contributed by atoms with Gasteiger partial charge >= 0.3 is 0 Å². The van der Waals surface area contributed by atoms with Gasteiger partial charge in [-0.1, -0.05) is 78.6 Å². The summed E-state index contributed by atoms with van der Waals surface area (Å²) in [5.74, 6) is 2.43. The smallest absolute Gasteiger partial charge is 0.151 e. The first-order valence-electron chi connectivity index (χ1n) is 6.04. The molecule has 2 aliphatic heterocycles. The minimum Gasteiger partial charge on any atom is -0.345 e. The molecule has 2 rings (SSSR count). The second-order valence-corrected chi connectivity index (χ2v) is 11.4. The highest BCUT2D eigenvalue weighted by Crippen LogP contribution is 2.55. The van der Waals surface area contributed by atoms with Crippen molar-refractivity contribution in [2.45, 2.75) is 48.4 Å². The van der Waals surface area contributed by atoms with Crippen molar-refractivity contribution in [3.8, 4) is 0 Å². The Labute approximate surface area is 133 Å². The Hall–Kier alpha value is 2.02. The van der Waals surface area contributed by atoms with E-state index in [1.165, 1.54) is 24.3 Å². The highest BCUT2D eigenvalue weighted by atomic mass is 33.1. The maximum atomic E-state index is 5.59. The lowest BCUT2D eigenvalue weighted by molar-refractivity contribution is 0.446. The van der Waals surface area contributed by atoms with Gasteiger partial charge in [0.25, 0.3) is 0 Å². The van der Waals surface area contributed by atoms with E-state index in [1.54, 1.807) is 0 Å². The summed E-state index contributed by atoms with van der Waals surface area (Å²) < 4.78 is 11.2. The molecule has 0 aromatic rings. The number of epoxide rings is 2. The topological polar surface area (TPSA) is 25.1 Å². The molecule has 0 N–H and O–H groups in total. The lowest BCUT2D eigenvalue weighted by atomic mass is 10.6. The van der Waals surface area contributed by atoms with Crippen LogP contribution in [0.25, 0.3) is 0 Å². The van der Waals surface area contributed by atoms with Gasteiger partial charge in [-0.05, 0) is 12.8 Å². The average molecular weight is 363 g/mol. The summed E-state index contributed by atoms with van der Waals surface area (Å²) in [7, 11) is 11.3. The zero-order valence-electron chi connectivity index (χ0n) is 10.4. The SMILES string of the molecule is CCCSSC1OC1SSC1OC1SSCCC. The normalized spacial score (nSPS) is 33.7. The van der Waals surface area contributed by atoms with Gasteiger partial charge in [0.05, 0.1) is 0 Å². The fourth-order valence-electron chi connectivity index (χ4n) is 0.952. The van der Waals surface area contributed by atoms with Gasteiger partial charge in [-0.15, -0.1) is 0 Å². The molecule has 106 valence electrons. The second kappa shape index (κ2) is 9.12. The third-order valence-corrected chi connectivity index (χ3v) is 10.5. The van der Waals surface area contributed by atoms with Crippen LogP contribution in [0.5, 0.6) is 0 Å². The highest BCUT2D eigenvalue weighted by Gasteiger charge is 2.46. The van der Waals surface area contributed by atoms with Gasteiger partial charge in [0, 0.05) is 11.5 Å². The van der Waals surface area contributed by atoms with Crippen LogP contribution in [0.1, 0.15) is 26.7 Å². The molecule has 2 heterocycles. The Morgan fingerprint density at radius 3 is 1.44 bits per heavy atom. The van der Waals surface area contributed by atoms with Crippen LogP contribution >= 0.6 is 64.8 Å². The van der Waals surface area contributed by atoms with E-state index in [0.29, 0.717) is 21.7 Å². The summed E-state index contributed by atoms with van der Waals surface area (Å²) in [6.07, 6.45) is 2.47. The molecule has 0 bridgehead atoms. The van der Waals surface area contributed by atoms with Gasteiger partial charge in [0.1, 0.15) is 0 Å². The Morgan fingerprint density at radius 1 is 0.667 bits per heavy atom. The molecule has 4 atom stereocenters. The van der Waals surface area contributed by atoms with Crippen molar-refractivity contribution in [1.82, 2.24) is 0 Å². The van der Waals surface area contributed by atoms with Gasteiger partial charge in [-0.3, -0.25) is 0 Å². The minimum absolute atomic E-state index is 0.377. The van der Waals surface area contributed by atoms with Crippen LogP contribution in [0.2, 0.25) is 0 Å². The van der Waals surface area contributed by atoms with Crippen LogP contribution < -0.4 is 0 Å². The molecular formula is C10H18O2S6. The maximum Gasteiger partial charge on any atom is 0.151 e. The first-order valence-corrected chi connectivity index (χ1v) is 13.1. The van der Waals surface area contributed by atoms with Crippen LogP contribution in [0.15, 0.2) is 0 Å². The first-order chi connectivity index (χ1) is 8.85. The van der Waals surface area contributed by atoms with E-state index in [2.05, 4.69) is 13.8 Å². The van der Waals surface area contributed by atoms with E-state index in [0.717, 1.165) is 0 Å². The van der Waals surface area contributed by atoms with Crippen molar-refractivity contribution in [3.05, 3.63) is 0 Å². The monoisotopic (exact) mass is 362 g/mol. The van der Waals surface area contributed by atoms with Gasteiger partial charge in [-0.25, -0.2) is 0 Å². The lowest BCUT2D eigenvalue weighted by Crippen LogP contribution is -1.83. The van der Waals surface area contributed by atoms with E-state index in [4.69, 9.17) is 9.47 Å². The van der Waals surface area contributed by atoms with Gasteiger partial charge < -0.3 is 9.47 Å². The van der Waals surface area contributed by atoms with Crippen LogP contribution in [0.4, 0.5) is 0 Å². The van der Waals surface area contributed by atoms with Crippen molar-refractivity contribution in [1.29, 1.82) is 0 Å². The van der Waals surface area contributed by atoms with Crippen LogP contribution in [0, 0.1) is 0 Å². The average Bonchev–Trinajstić information content (AvgIpc) is 3.24. The molecule has 18 heavy (non-hydrogen) atoms. The summed E-state index contributed by atoms with van der Waals surface area (Å²) in [5.41, 5.74) is 1.56. The third kappa shape index (κ3) is 6.20. The lowest BCUT2D eigenvalue weighted by Gasteiger charge is -1.95. The zero-order valence-corrected chi connectivity index (χ0v) is 15.3. The molecule has 2 fully saturated rings. The Balaban J connectivity index is 1.41. The van der Waals surface area contributed by atoms with Crippen molar-refractivity contribution in [3.63, 3.8) is 0 Å². The molecule has 0 saturated carbocycles. The molecule has 2 saturated heterocycles. The quantitative estimate of drug-likeness (QED) is 0.277. The minimum atomic E-state index is 0.377. The molecule has 2 nitrogen and oxygen atoms in total. The summed E-state index contributed by atoms with van der Waals surface area (Å²) in [5, 5.41) is 0. The second-order valence-electron chi connectivity index (χ2n) is 3.77. The van der Waals surface area contributed by atoms with Crippen LogP contribution in [0.3, 0.4) is 0 Å². The predicted molar refractivity (Wildman–Crippen MR) is 93.2 cm³/mol. The standard InChI is InChI=1S/C10H18O2S6/c1-3-5-13-15-7-9(11-7)17-18-10-8(12-10)16-14-6-4-2/h7-10H,3-6H2,1-2H3. The van der Waals surface area contributed by atoms with Crippen molar-refractivity contribution in [2.24, 2.45) is 0 Å². The zero-order chi connectivity index (χ0) is 12.8. The molecular weight excluding hydrogens is 345 g/mol. The first kappa shape index (κ1) is 16.4. The summed E-state index contributed by atoms with van der Waals surface area (Å²) in [4.78, 5) is 0. The van der Waals surface area contributed by atoms with Crippen LogP contribution in [-0.2, 0) is 9.47 Å². The number of ether oxygens (including phenoxy) is 2. The Bertz CT molecular complexity index is 220. The molecule has 2 aliphatic rings. The summed E-state index contributed by atoms with van der Waals surface area (Å²) in [6.45, 7) is 4.42. The molecule has 8 heteroatoms. The van der Waals surface area contributed by atoms with Crippen molar-refractivity contribution in [2.75, 3.05) is 11.5 Å². The Kier molecular flexibility index (Phi) is 8.31. The molecule has 0 aliphatic carbocycles. The number of rotatable bonds is 11. The molecule has 4 unspecified atom stereocenters. The Morgan fingerprint density at radius 2 is 1.06 bits per heavy atom. The number of hydrogen-bond donors (Lipinski definition) is 0. The van der Waals surface area contributed by atoms with Crippen molar-refractivity contribution < 1.29 is 9.47 Å². The number of hydrogen-bond acceptors (Lipinski definition) is 8. The van der Waals surface area contributed by atoms with Crippen LogP contribution in [-0.4, -0.2) is 33.2 Å². The maximum absolute atomic E-state index is 5.59. The van der Waals surface area contributed by atoms with Gasteiger partial charge in [0.15, 0.2) is 21.7 Å².